The van der Waals surface area contributed by atoms with Crippen LogP contribution in [0.2, 0.25) is 0 Å². The lowest BCUT2D eigenvalue weighted by molar-refractivity contribution is 0.101. The maximum atomic E-state index is 12.5. The molecule has 1 aromatic heterocycles. The molecular formula is C24H22N4O3. The molecule has 0 atom stereocenters. The minimum Gasteiger partial charge on any atom is -0.426 e. The lowest BCUT2D eigenvalue weighted by atomic mass is 10.1. The van der Waals surface area contributed by atoms with Crippen molar-refractivity contribution in [1.82, 2.24) is 9.71 Å². The van der Waals surface area contributed by atoms with Crippen LogP contribution in [0.4, 0.5) is 11.4 Å². The van der Waals surface area contributed by atoms with Crippen LogP contribution in [0, 0.1) is 0 Å². The zero-order valence-corrected chi connectivity index (χ0v) is 17.5. The van der Waals surface area contributed by atoms with Crippen molar-refractivity contribution >= 4 is 34.1 Å². The van der Waals surface area contributed by atoms with E-state index in [0.29, 0.717) is 39.2 Å². The first kappa shape index (κ1) is 20.2. The molecule has 0 saturated heterocycles. The first-order valence-electron chi connectivity index (χ1n) is 9.75. The first-order valence-corrected chi connectivity index (χ1v) is 9.75. The fourth-order valence-electron chi connectivity index (χ4n) is 3.29. The van der Waals surface area contributed by atoms with E-state index in [4.69, 9.17) is 0 Å². The SMILES string of the molecule is CC(=O)c1ccc2nc(-c3ccc(NC(=O)c4ccc(N(C)C)cc4)cc3)n(O)c2c1. The molecule has 0 radical (unpaired) electrons. The second-order valence-corrected chi connectivity index (χ2v) is 7.48. The molecule has 0 unspecified atom stereocenters. The summed E-state index contributed by atoms with van der Waals surface area (Å²) in [5.74, 6) is 0.0677. The van der Waals surface area contributed by atoms with Crippen LogP contribution in [0.3, 0.4) is 0 Å². The second kappa shape index (κ2) is 7.95. The third-order valence-corrected chi connectivity index (χ3v) is 5.08. The third kappa shape index (κ3) is 3.98. The number of hydrogen-bond acceptors (Lipinski definition) is 5. The van der Waals surface area contributed by atoms with Crippen molar-refractivity contribution in [3.8, 4) is 11.4 Å². The Morgan fingerprint density at radius 1 is 0.935 bits per heavy atom. The van der Waals surface area contributed by atoms with E-state index in [2.05, 4.69) is 10.3 Å². The van der Waals surface area contributed by atoms with Gasteiger partial charge in [0, 0.05) is 42.2 Å². The number of carbonyl (C=O) groups excluding carboxylic acids is 2. The van der Waals surface area contributed by atoms with Gasteiger partial charge >= 0.3 is 0 Å². The van der Waals surface area contributed by atoms with E-state index < -0.39 is 0 Å². The van der Waals surface area contributed by atoms with Crippen molar-refractivity contribution in [3.05, 3.63) is 77.9 Å². The molecule has 0 aliphatic heterocycles. The highest BCUT2D eigenvalue weighted by atomic mass is 16.5. The fraction of sp³-hybridized carbons (Fsp3) is 0.125. The van der Waals surface area contributed by atoms with Crippen molar-refractivity contribution in [2.45, 2.75) is 6.92 Å². The average Bonchev–Trinajstić information content (AvgIpc) is 3.10. The van der Waals surface area contributed by atoms with Crippen LogP contribution in [0.5, 0.6) is 0 Å². The summed E-state index contributed by atoms with van der Waals surface area (Å²) in [6.45, 7) is 1.48. The molecule has 0 aliphatic rings. The number of Topliss-reactive ketones (excluding diaryl/α,β-unsaturated/α-hetero) is 1. The Hall–Kier alpha value is -4.13. The smallest absolute Gasteiger partial charge is 0.255 e. The van der Waals surface area contributed by atoms with Crippen LogP contribution in [0.25, 0.3) is 22.4 Å². The monoisotopic (exact) mass is 414 g/mol. The van der Waals surface area contributed by atoms with Gasteiger partial charge in [-0.1, -0.05) is 0 Å². The van der Waals surface area contributed by atoms with E-state index in [-0.39, 0.29) is 11.7 Å². The second-order valence-electron chi connectivity index (χ2n) is 7.48. The summed E-state index contributed by atoms with van der Waals surface area (Å²) in [7, 11) is 3.89. The maximum Gasteiger partial charge on any atom is 0.255 e. The maximum absolute atomic E-state index is 12.5. The largest absolute Gasteiger partial charge is 0.426 e. The Morgan fingerprint density at radius 3 is 2.19 bits per heavy atom. The van der Waals surface area contributed by atoms with E-state index in [0.717, 1.165) is 10.4 Å². The van der Waals surface area contributed by atoms with Gasteiger partial charge in [0.15, 0.2) is 11.6 Å². The molecule has 1 amide bonds. The van der Waals surface area contributed by atoms with Crippen LogP contribution in [-0.2, 0) is 0 Å². The first-order chi connectivity index (χ1) is 14.8. The van der Waals surface area contributed by atoms with Gasteiger partial charge in [0.2, 0.25) is 0 Å². The molecule has 0 saturated carbocycles. The molecule has 2 N–H and O–H groups in total. The van der Waals surface area contributed by atoms with Gasteiger partial charge in [-0.2, -0.15) is 4.73 Å². The number of amides is 1. The van der Waals surface area contributed by atoms with Crippen LogP contribution < -0.4 is 10.2 Å². The normalized spacial score (nSPS) is 10.8. The predicted octanol–water partition coefficient (Wildman–Crippen LogP) is 4.46. The highest BCUT2D eigenvalue weighted by molar-refractivity contribution is 6.04. The van der Waals surface area contributed by atoms with Gasteiger partial charge in [-0.25, -0.2) is 4.98 Å². The molecule has 4 aromatic rings. The minimum atomic E-state index is -0.204. The van der Waals surface area contributed by atoms with Crippen LogP contribution in [-0.4, -0.2) is 40.7 Å². The van der Waals surface area contributed by atoms with E-state index in [9.17, 15) is 14.8 Å². The minimum absolute atomic E-state index is 0.0823. The number of nitrogens with zero attached hydrogens (tertiary/aromatic N) is 3. The van der Waals surface area contributed by atoms with Crippen molar-refractivity contribution in [1.29, 1.82) is 0 Å². The highest BCUT2D eigenvalue weighted by Gasteiger charge is 2.14. The number of nitrogens with one attached hydrogen (secondary N) is 1. The molecule has 156 valence electrons. The summed E-state index contributed by atoms with van der Waals surface area (Å²) in [4.78, 5) is 30.5. The summed E-state index contributed by atoms with van der Waals surface area (Å²) in [6.07, 6.45) is 0. The summed E-state index contributed by atoms with van der Waals surface area (Å²) in [5, 5.41) is 13.4. The number of imidazole rings is 1. The lowest BCUT2D eigenvalue weighted by Crippen LogP contribution is -2.13. The molecule has 31 heavy (non-hydrogen) atoms. The van der Waals surface area contributed by atoms with Gasteiger partial charge in [-0.05, 0) is 73.7 Å². The van der Waals surface area contributed by atoms with E-state index >= 15 is 0 Å². The molecule has 1 heterocycles. The number of aromatic nitrogens is 2. The predicted molar refractivity (Wildman–Crippen MR) is 121 cm³/mol. The van der Waals surface area contributed by atoms with Crippen molar-refractivity contribution < 1.29 is 14.8 Å². The van der Waals surface area contributed by atoms with Crippen molar-refractivity contribution in [3.63, 3.8) is 0 Å². The molecule has 0 fully saturated rings. The Bertz CT molecular complexity index is 1270. The fourth-order valence-corrected chi connectivity index (χ4v) is 3.29. The van der Waals surface area contributed by atoms with Gasteiger partial charge < -0.3 is 15.4 Å². The Labute approximate surface area is 179 Å². The van der Waals surface area contributed by atoms with Gasteiger partial charge in [0.05, 0.1) is 5.52 Å². The number of carbonyl (C=O) groups is 2. The highest BCUT2D eigenvalue weighted by Crippen LogP contribution is 2.26. The molecule has 0 bridgehead atoms. The Balaban J connectivity index is 1.55. The quantitative estimate of drug-likeness (QED) is 0.372. The molecule has 7 nitrogen and oxygen atoms in total. The third-order valence-electron chi connectivity index (χ3n) is 5.08. The van der Waals surface area contributed by atoms with Crippen LogP contribution in [0.1, 0.15) is 27.6 Å². The molecule has 0 spiro atoms. The standard InChI is InChI=1S/C24H22N4O3/c1-15(29)18-8-13-21-22(14-18)28(31)23(26-21)16-4-9-19(10-5-16)25-24(30)17-6-11-20(12-7-17)27(2)3/h4-14,31H,1-3H3,(H,25,30). The lowest BCUT2D eigenvalue weighted by Gasteiger charge is -2.12. The number of hydrogen-bond donors (Lipinski definition) is 2. The Kier molecular flexibility index (Phi) is 5.17. The molecule has 7 heteroatoms. The Morgan fingerprint density at radius 2 is 1.58 bits per heavy atom. The zero-order valence-electron chi connectivity index (χ0n) is 17.5. The molecule has 4 rings (SSSR count). The van der Waals surface area contributed by atoms with Gasteiger partial charge in [0.1, 0.15) is 5.52 Å². The van der Waals surface area contributed by atoms with E-state index in [1.54, 1.807) is 54.6 Å². The van der Waals surface area contributed by atoms with Crippen LogP contribution >= 0.6 is 0 Å². The topological polar surface area (TPSA) is 87.5 Å². The summed E-state index contributed by atoms with van der Waals surface area (Å²) < 4.78 is 0.974. The van der Waals surface area contributed by atoms with E-state index in [1.165, 1.54) is 6.92 Å². The number of ketones is 1. The number of rotatable bonds is 5. The number of anilines is 2. The zero-order chi connectivity index (χ0) is 22.1. The number of benzene rings is 3. The van der Waals surface area contributed by atoms with E-state index in [1.807, 2.05) is 31.1 Å². The van der Waals surface area contributed by atoms with Crippen molar-refractivity contribution in [2.75, 3.05) is 24.3 Å². The number of fused-ring (bicyclic) bond motifs is 1. The molecular weight excluding hydrogens is 392 g/mol. The van der Waals surface area contributed by atoms with Gasteiger partial charge in [-0.15, -0.1) is 0 Å². The average molecular weight is 414 g/mol. The summed E-state index contributed by atoms with van der Waals surface area (Å²) >= 11 is 0. The summed E-state index contributed by atoms with van der Waals surface area (Å²) in [6, 6.07) is 19.4. The molecule has 0 aliphatic carbocycles. The molecule has 3 aromatic carbocycles. The summed E-state index contributed by atoms with van der Waals surface area (Å²) in [5.41, 5.74) is 4.44. The van der Waals surface area contributed by atoms with Crippen LogP contribution in [0.15, 0.2) is 66.7 Å². The van der Waals surface area contributed by atoms with Crippen molar-refractivity contribution in [2.24, 2.45) is 0 Å². The van der Waals surface area contributed by atoms with Gasteiger partial charge in [-0.3, -0.25) is 9.59 Å². The van der Waals surface area contributed by atoms with Gasteiger partial charge in [0.25, 0.3) is 5.91 Å².